The lowest BCUT2D eigenvalue weighted by Crippen LogP contribution is -2.40. The van der Waals surface area contributed by atoms with E-state index in [1.165, 1.54) is 16.0 Å². The van der Waals surface area contributed by atoms with E-state index < -0.39 is 6.04 Å². The maximum atomic E-state index is 12.3. The number of likely N-dealkylation sites (tertiary alicyclic amines) is 1. The highest BCUT2D eigenvalue weighted by Crippen LogP contribution is 2.22. The average Bonchev–Trinajstić information content (AvgIpc) is 2.68. The van der Waals surface area contributed by atoms with E-state index in [0.717, 1.165) is 12.1 Å². The van der Waals surface area contributed by atoms with Gasteiger partial charge in [-0.25, -0.2) is 0 Å². The highest BCUT2D eigenvalue weighted by Gasteiger charge is 2.40. The molecule has 2 unspecified atom stereocenters. The molecule has 0 aromatic heterocycles. The van der Waals surface area contributed by atoms with Crippen LogP contribution in [-0.4, -0.2) is 28.8 Å². The second-order valence-corrected chi connectivity index (χ2v) is 5.56. The summed E-state index contributed by atoms with van der Waals surface area (Å²) in [7, 11) is 0. The first-order chi connectivity index (χ1) is 9.43. The Balaban J connectivity index is 2.13. The molecule has 0 aliphatic carbocycles. The van der Waals surface area contributed by atoms with Crippen LogP contribution >= 0.6 is 0 Å². The van der Waals surface area contributed by atoms with Gasteiger partial charge in [0, 0.05) is 11.7 Å². The van der Waals surface area contributed by atoms with Gasteiger partial charge in [-0.05, 0) is 50.5 Å². The smallest absolute Gasteiger partial charge is 0.252 e. The predicted molar refractivity (Wildman–Crippen MR) is 79.5 cm³/mol. The quantitative estimate of drug-likeness (QED) is 0.859. The second-order valence-electron chi connectivity index (χ2n) is 5.56. The molecule has 4 nitrogen and oxygen atoms in total. The molecule has 0 saturated carbocycles. The third-order valence-electron chi connectivity index (χ3n) is 4.06. The first-order valence-corrected chi connectivity index (χ1v) is 7.13. The molecule has 0 bridgehead atoms. The molecular formula is C16H22N2O2. The standard InChI is InChI=1S/C16H22N2O2/c1-5-12(4)18-15(19)9-14(16(18)20)17-13-7-6-10(2)11(3)8-13/h6-8,12,14,17H,5,9H2,1-4H3. The summed E-state index contributed by atoms with van der Waals surface area (Å²) in [5.41, 5.74) is 3.28. The zero-order valence-electron chi connectivity index (χ0n) is 12.6. The summed E-state index contributed by atoms with van der Waals surface area (Å²) in [5, 5.41) is 3.19. The molecule has 108 valence electrons. The minimum absolute atomic E-state index is 0.0263. The van der Waals surface area contributed by atoms with Gasteiger partial charge in [0.05, 0.1) is 6.42 Å². The van der Waals surface area contributed by atoms with Crippen LogP contribution in [0.1, 0.15) is 37.8 Å². The van der Waals surface area contributed by atoms with Crippen molar-refractivity contribution in [1.29, 1.82) is 0 Å². The number of benzene rings is 1. The van der Waals surface area contributed by atoms with Gasteiger partial charge in [-0.2, -0.15) is 0 Å². The summed E-state index contributed by atoms with van der Waals surface area (Å²) in [6.45, 7) is 7.98. The molecule has 1 aromatic carbocycles. The van der Waals surface area contributed by atoms with E-state index in [2.05, 4.69) is 5.32 Å². The van der Waals surface area contributed by atoms with Gasteiger partial charge >= 0.3 is 0 Å². The van der Waals surface area contributed by atoms with Gasteiger partial charge in [0.1, 0.15) is 6.04 Å². The molecule has 1 heterocycles. The Morgan fingerprint density at radius 3 is 2.60 bits per heavy atom. The van der Waals surface area contributed by atoms with E-state index in [1.54, 1.807) is 0 Å². The summed E-state index contributed by atoms with van der Waals surface area (Å²) in [6.07, 6.45) is 1.03. The van der Waals surface area contributed by atoms with Crippen LogP contribution in [0.5, 0.6) is 0 Å². The topological polar surface area (TPSA) is 49.4 Å². The molecule has 2 amide bonds. The number of hydrogen-bond acceptors (Lipinski definition) is 3. The van der Waals surface area contributed by atoms with Gasteiger partial charge in [-0.15, -0.1) is 0 Å². The molecule has 20 heavy (non-hydrogen) atoms. The van der Waals surface area contributed by atoms with Crippen molar-refractivity contribution in [1.82, 2.24) is 4.90 Å². The summed E-state index contributed by atoms with van der Waals surface area (Å²) >= 11 is 0. The van der Waals surface area contributed by atoms with E-state index in [1.807, 2.05) is 45.9 Å². The van der Waals surface area contributed by atoms with Crippen molar-refractivity contribution in [2.45, 2.75) is 52.6 Å². The average molecular weight is 274 g/mol. The number of hydrogen-bond donors (Lipinski definition) is 1. The van der Waals surface area contributed by atoms with Crippen molar-refractivity contribution in [3.05, 3.63) is 29.3 Å². The van der Waals surface area contributed by atoms with Crippen molar-refractivity contribution >= 4 is 17.5 Å². The fourth-order valence-electron chi connectivity index (χ4n) is 2.44. The Kier molecular flexibility index (Phi) is 4.12. The van der Waals surface area contributed by atoms with Gasteiger partial charge < -0.3 is 5.32 Å². The van der Waals surface area contributed by atoms with Crippen molar-refractivity contribution in [2.24, 2.45) is 0 Å². The molecule has 1 aliphatic rings. The highest BCUT2D eigenvalue weighted by atomic mass is 16.2. The lowest BCUT2D eigenvalue weighted by molar-refractivity contribution is -0.140. The third-order valence-corrected chi connectivity index (χ3v) is 4.06. The second kappa shape index (κ2) is 5.65. The van der Waals surface area contributed by atoms with Gasteiger partial charge in [-0.3, -0.25) is 14.5 Å². The lowest BCUT2D eigenvalue weighted by atomic mass is 10.1. The number of anilines is 1. The predicted octanol–water partition coefficient (Wildman–Crippen LogP) is 2.64. The van der Waals surface area contributed by atoms with E-state index in [0.29, 0.717) is 0 Å². The van der Waals surface area contributed by atoms with Gasteiger partial charge in [0.25, 0.3) is 5.91 Å². The molecule has 1 aliphatic heterocycles. The summed E-state index contributed by atoms with van der Waals surface area (Å²) in [6, 6.07) is 5.52. The van der Waals surface area contributed by atoms with Crippen molar-refractivity contribution in [3.8, 4) is 0 Å². The van der Waals surface area contributed by atoms with E-state index >= 15 is 0 Å². The molecule has 1 N–H and O–H groups in total. The number of aryl methyl sites for hydroxylation is 2. The number of rotatable bonds is 4. The fourth-order valence-corrected chi connectivity index (χ4v) is 2.44. The van der Waals surface area contributed by atoms with Crippen LogP contribution in [0, 0.1) is 13.8 Å². The fraction of sp³-hybridized carbons (Fsp3) is 0.500. The Morgan fingerprint density at radius 2 is 2.00 bits per heavy atom. The number of carbonyl (C=O) groups excluding carboxylic acids is 2. The Labute approximate surface area is 120 Å². The van der Waals surface area contributed by atoms with Crippen LogP contribution in [0.15, 0.2) is 18.2 Å². The van der Waals surface area contributed by atoms with Crippen molar-refractivity contribution in [3.63, 3.8) is 0 Å². The minimum Gasteiger partial charge on any atom is -0.373 e. The largest absolute Gasteiger partial charge is 0.373 e. The van der Waals surface area contributed by atoms with E-state index in [-0.39, 0.29) is 24.3 Å². The van der Waals surface area contributed by atoms with E-state index in [4.69, 9.17) is 0 Å². The molecule has 2 rings (SSSR count). The van der Waals surface area contributed by atoms with Crippen LogP contribution < -0.4 is 5.32 Å². The molecule has 1 saturated heterocycles. The molecule has 4 heteroatoms. The minimum atomic E-state index is -0.432. The summed E-state index contributed by atoms with van der Waals surface area (Å²) < 4.78 is 0. The van der Waals surface area contributed by atoms with Crippen LogP contribution in [0.4, 0.5) is 5.69 Å². The van der Waals surface area contributed by atoms with Gasteiger partial charge in [0.2, 0.25) is 5.91 Å². The van der Waals surface area contributed by atoms with Crippen molar-refractivity contribution < 1.29 is 9.59 Å². The van der Waals surface area contributed by atoms with Crippen molar-refractivity contribution in [2.75, 3.05) is 5.32 Å². The van der Waals surface area contributed by atoms with Crippen LogP contribution in [0.25, 0.3) is 0 Å². The van der Waals surface area contributed by atoms with Gasteiger partial charge in [0.15, 0.2) is 0 Å². The monoisotopic (exact) mass is 274 g/mol. The Bertz CT molecular complexity index is 539. The van der Waals surface area contributed by atoms with E-state index in [9.17, 15) is 9.59 Å². The molecule has 0 radical (unpaired) electrons. The third kappa shape index (κ3) is 2.69. The number of imide groups is 1. The van der Waals surface area contributed by atoms with Crippen LogP contribution in [-0.2, 0) is 9.59 Å². The number of carbonyl (C=O) groups is 2. The Hall–Kier alpha value is -1.84. The summed E-state index contributed by atoms with van der Waals surface area (Å²) in [5.74, 6) is -0.187. The SMILES string of the molecule is CCC(C)N1C(=O)CC(Nc2ccc(C)c(C)c2)C1=O. The number of amides is 2. The molecule has 2 atom stereocenters. The molecular weight excluding hydrogens is 252 g/mol. The van der Waals surface area contributed by atoms with Crippen LogP contribution in [0.2, 0.25) is 0 Å². The molecule has 0 spiro atoms. The first kappa shape index (κ1) is 14.6. The number of nitrogens with zero attached hydrogens (tertiary/aromatic N) is 1. The highest BCUT2D eigenvalue weighted by molar-refractivity contribution is 6.07. The number of nitrogens with one attached hydrogen (secondary N) is 1. The van der Waals surface area contributed by atoms with Crippen LogP contribution in [0.3, 0.4) is 0 Å². The summed E-state index contributed by atoms with van der Waals surface area (Å²) in [4.78, 5) is 25.7. The molecule has 1 fully saturated rings. The Morgan fingerprint density at radius 1 is 1.30 bits per heavy atom. The zero-order chi connectivity index (χ0) is 14.9. The lowest BCUT2D eigenvalue weighted by Gasteiger charge is -2.22. The zero-order valence-corrected chi connectivity index (χ0v) is 12.6. The maximum absolute atomic E-state index is 12.3. The maximum Gasteiger partial charge on any atom is 0.252 e. The molecule has 1 aromatic rings. The first-order valence-electron chi connectivity index (χ1n) is 7.13. The van der Waals surface area contributed by atoms with Gasteiger partial charge in [-0.1, -0.05) is 13.0 Å². The normalized spacial score (nSPS) is 20.4.